The molecule has 0 saturated carbocycles. The summed E-state index contributed by atoms with van der Waals surface area (Å²) in [6.07, 6.45) is 1.47. The smallest absolute Gasteiger partial charge is 0.354 e. The van der Waals surface area contributed by atoms with Gasteiger partial charge in [0.25, 0.3) is 5.91 Å². The van der Waals surface area contributed by atoms with Gasteiger partial charge in [0.1, 0.15) is 17.1 Å². The number of fused-ring (bicyclic) bond motifs is 1. The van der Waals surface area contributed by atoms with Gasteiger partial charge in [-0.25, -0.2) is 4.98 Å². The first-order valence-corrected chi connectivity index (χ1v) is 10.1. The third-order valence-electron chi connectivity index (χ3n) is 5.28. The van der Waals surface area contributed by atoms with Gasteiger partial charge < -0.3 is 9.42 Å². The van der Waals surface area contributed by atoms with Crippen LogP contribution in [0.4, 0.5) is 18.9 Å². The molecule has 0 fully saturated rings. The fourth-order valence-corrected chi connectivity index (χ4v) is 4.00. The highest BCUT2D eigenvalue weighted by Gasteiger charge is 2.37. The average molecular weight is 475 g/mol. The molecule has 1 aromatic carbocycles. The van der Waals surface area contributed by atoms with Crippen LogP contribution in [-0.4, -0.2) is 37.4 Å². The van der Waals surface area contributed by atoms with Crippen LogP contribution in [0.1, 0.15) is 29.0 Å². The molecule has 4 heterocycles. The van der Waals surface area contributed by atoms with Crippen molar-refractivity contribution in [2.24, 2.45) is 0 Å². The van der Waals surface area contributed by atoms with Gasteiger partial charge in [0.2, 0.25) is 0 Å². The predicted octanol–water partition coefficient (Wildman–Crippen LogP) is 4.89. The van der Waals surface area contributed by atoms with E-state index in [4.69, 9.17) is 16.1 Å². The number of aromatic nitrogens is 5. The Kier molecular flexibility index (Phi) is 4.93. The van der Waals surface area contributed by atoms with Crippen molar-refractivity contribution in [1.29, 1.82) is 0 Å². The SMILES string of the molecule is C[C@H]1CN(c2ccc(C(F)(F)F)c(Cl)c2)C(=O)c2c(-c3cc(-c4cnccn4)on3)cnn21. The Morgan fingerprint density at radius 3 is 2.67 bits per heavy atom. The maximum absolute atomic E-state index is 13.4. The molecule has 0 spiro atoms. The summed E-state index contributed by atoms with van der Waals surface area (Å²) in [5, 5.41) is 7.88. The maximum Gasteiger partial charge on any atom is 0.417 e. The number of benzene rings is 1. The Morgan fingerprint density at radius 2 is 1.97 bits per heavy atom. The molecule has 0 aliphatic carbocycles. The van der Waals surface area contributed by atoms with Crippen molar-refractivity contribution in [1.82, 2.24) is 24.9 Å². The fourth-order valence-electron chi connectivity index (χ4n) is 3.72. The minimum absolute atomic E-state index is 0.207. The van der Waals surface area contributed by atoms with Crippen LogP contribution in [-0.2, 0) is 6.18 Å². The van der Waals surface area contributed by atoms with E-state index in [-0.39, 0.29) is 24.0 Å². The monoisotopic (exact) mass is 474 g/mol. The number of halogens is 4. The van der Waals surface area contributed by atoms with Crippen LogP contribution in [0, 0.1) is 0 Å². The lowest BCUT2D eigenvalue weighted by Crippen LogP contribution is -2.42. The molecular formula is C21H14ClF3N6O2. The highest BCUT2D eigenvalue weighted by atomic mass is 35.5. The van der Waals surface area contributed by atoms with Gasteiger partial charge in [-0.2, -0.15) is 18.3 Å². The van der Waals surface area contributed by atoms with E-state index < -0.39 is 22.7 Å². The van der Waals surface area contributed by atoms with Gasteiger partial charge in [0, 0.05) is 30.7 Å². The van der Waals surface area contributed by atoms with Crippen molar-refractivity contribution in [3.8, 4) is 22.7 Å². The number of rotatable bonds is 3. The zero-order valence-corrected chi connectivity index (χ0v) is 17.7. The lowest BCUT2D eigenvalue weighted by atomic mass is 10.1. The van der Waals surface area contributed by atoms with Crippen molar-refractivity contribution in [2.75, 3.05) is 11.4 Å². The Balaban J connectivity index is 1.53. The van der Waals surface area contributed by atoms with Crippen molar-refractivity contribution in [3.05, 3.63) is 65.3 Å². The molecule has 33 heavy (non-hydrogen) atoms. The number of anilines is 1. The van der Waals surface area contributed by atoms with Crippen molar-refractivity contribution < 1.29 is 22.5 Å². The van der Waals surface area contributed by atoms with Crippen LogP contribution < -0.4 is 4.90 Å². The molecule has 0 saturated heterocycles. The van der Waals surface area contributed by atoms with E-state index >= 15 is 0 Å². The third-order valence-corrected chi connectivity index (χ3v) is 5.59. The van der Waals surface area contributed by atoms with Gasteiger partial charge in [0.15, 0.2) is 5.76 Å². The number of carbonyl (C=O) groups excluding carboxylic acids is 1. The van der Waals surface area contributed by atoms with E-state index in [1.54, 1.807) is 10.7 Å². The first kappa shape index (κ1) is 21.1. The minimum Gasteiger partial charge on any atom is -0.354 e. The summed E-state index contributed by atoms with van der Waals surface area (Å²) < 4.78 is 46.2. The van der Waals surface area contributed by atoms with Gasteiger partial charge in [-0.15, -0.1) is 0 Å². The molecule has 168 valence electrons. The maximum atomic E-state index is 13.4. The predicted molar refractivity (Wildman–Crippen MR) is 112 cm³/mol. The van der Waals surface area contributed by atoms with Crippen LogP contribution in [0.5, 0.6) is 0 Å². The average Bonchev–Trinajstić information content (AvgIpc) is 3.43. The molecule has 8 nitrogen and oxygen atoms in total. The zero-order valence-electron chi connectivity index (χ0n) is 16.9. The van der Waals surface area contributed by atoms with E-state index in [9.17, 15) is 18.0 Å². The van der Waals surface area contributed by atoms with Gasteiger partial charge in [0.05, 0.1) is 34.6 Å². The number of nitrogens with zero attached hydrogens (tertiary/aromatic N) is 6. The molecule has 5 rings (SSSR count). The highest BCUT2D eigenvalue weighted by molar-refractivity contribution is 6.31. The Labute approximate surface area is 189 Å². The summed E-state index contributed by atoms with van der Waals surface area (Å²) in [6, 6.07) is 4.61. The molecule has 3 aromatic heterocycles. The number of amides is 1. The summed E-state index contributed by atoms with van der Waals surface area (Å²) in [5.41, 5.74) is 0.791. The fraction of sp³-hybridized carbons (Fsp3) is 0.190. The Hall–Kier alpha value is -3.73. The second-order valence-corrected chi connectivity index (χ2v) is 7.85. The standard InChI is InChI=1S/C21H14ClF3N6O2/c1-11-10-30(12-2-3-14(15(22)6-12)21(23,24)25)20(32)19-13(8-28-31(11)19)16-7-18(33-29-16)17-9-26-4-5-27-17/h2-9,11H,10H2,1H3/t11-/m0/s1. The largest absolute Gasteiger partial charge is 0.417 e. The molecule has 0 radical (unpaired) electrons. The molecule has 1 aliphatic heterocycles. The van der Waals surface area contributed by atoms with E-state index in [2.05, 4.69) is 20.2 Å². The normalized spacial score (nSPS) is 16.2. The van der Waals surface area contributed by atoms with Crippen molar-refractivity contribution >= 4 is 23.2 Å². The first-order valence-electron chi connectivity index (χ1n) is 9.73. The lowest BCUT2D eigenvalue weighted by Gasteiger charge is -2.32. The van der Waals surface area contributed by atoms with Crippen molar-refractivity contribution in [3.63, 3.8) is 0 Å². The number of hydrogen-bond acceptors (Lipinski definition) is 6. The second-order valence-electron chi connectivity index (χ2n) is 7.45. The molecule has 0 bridgehead atoms. The zero-order chi connectivity index (χ0) is 23.3. The quantitative estimate of drug-likeness (QED) is 0.420. The van der Waals surface area contributed by atoms with Gasteiger partial charge in [-0.05, 0) is 25.1 Å². The van der Waals surface area contributed by atoms with E-state index in [1.807, 2.05) is 6.92 Å². The summed E-state index contributed by atoms with van der Waals surface area (Å²) in [5.74, 6) is -0.0822. The van der Waals surface area contributed by atoms with E-state index in [0.29, 0.717) is 22.7 Å². The van der Waals surface area contributed by atoms with E-state index in [0.717, 1.165) is 12.1 Å². The first-order chi connectivity index (χ1) is 15.7. The molecule has 1 aliphatic rings. The molecule has 4 aromatic rings. The van der Waals surface area contributed by atoms with Gasteiger partial charge in [-0.1, -0.05) is 16.8 Å². The third kappa shape index (κ3) is 3.63. The van der Waals surface area contributed by atoms with Gasteiger partial charge >= 0.3 is 6.18 Å². The number of carbonyl (C=O) groups is 1. The van der Waals surface area contributed by atoms with Crippen LogP contribution >= 0.6 is 11.6 Å². The second kappa shape index (κ2) is 7.69. The molecule has 12 heteroatoms. The Morgan fingerprint density at radius 1 is 1.15 bits per heavy atom. The molecular weight excluding hydrogens is 461 g/mol. The summed E-state index contributed by atoms with van der Waals surface area (Å²) in [7, 11) is 0. The van der Waals surface area contributed by atoms with E-state index in [1.165, 1.54) is 35.8 Å². The Bertz CT molecular complexity index is 1350. The molecule has 0 N–H and O–H groups in total. The van der Waals surface area contributed by atoms with Crippen LogP contribution in [0.15, 0.2) is 53.6 Å². The van der Waals surface area contributed by atoms with Crippen LogP contribution in [0.2, 0.25) is 5.02 Å². The van der Waals surface area contributed by atoms with Gasteiger partial charge in [-0.3, -0.25) is 14.5 Å². The molecule has 1 atom stereocenters. The summed E-state index contributed by atoms with van der Waals surface area (Å²) >= 11 is 5.88. The van der Waals surface area contributed by atoms with Crippen LogP contribution in [0.25, 0.3) is 22.7 Å². The highest BCUT2D eigenvalue weighted by Crippen LogP contribution is 2.38. The number of alkyl halides is 3. The van der Waals surface area contributed by atoms with Crippen LogP contribution in [0.3, 0.4) is 0 Å². The lowest BCUT2D eigenvalue weighted by molar-refractivity contribution is -0.137. The minimum atomic E-state index is -4.59. The van der Waals surface area contributed by atoms with Crippen molar-refractivity contribution in [2.45, 2.75) is 19.1 Å². The molecule has 0 unspecified atom stereocenters. The topological polar surface area (TPSA) is 89.9 Å². The summed E-state index contributed by atoms with van der Waals surface area (Å²) in [6.45, 7) is 2.05. The number of hydrogen-bond donors (Lipinski definition) is 0. The molecule has 1 amide bonds. The summed E-state index contributed by atoms with van der Waals surface area (Å²) in [4.78, 5) is 22.9.